The summed E-state index contributed by atoms with van der Waals surface area (Å²) in [5, 5.41) is 3.46. The molecule has 1 N–H and O–H groups in total. The van der Waals surface area contributed by atoms with Crippen LogP contribution in [0.1, 0.15) is 31.1 Å². The second-order valence-corrected chi connectivity index (χ2v) is 5.91. The number of alkyl halides is 1. The number of carbonyl (C=O) groups is 1. The van der Waals surface area contributed by atoms with Crippen molar-refractivity contribution in [2.75, 3.05) is 0 Å². The molecule has 0 aliphatic carbocycles. The lowest BCUT2D eigenvalue weighted by atomic mass is 10.0. The summed E-state index contributed by atoms with van der Waals surface area (Å²) in [6.07, 6.45) is 0. The molecule has 94 valence electrons. The highest BCUT2D eigenvalue weighted by molar-refractivity contribution is 6.35. The van der Waals surface area contributed by atoms with Crippen molar-refractivity contribution in [2.24, 2.45) is 0 Å². The van der Waals surface area contributed by atoms with Gasteiger partial charge in [0.2, 0.25) is 0 Å². The largest absolute Gasteiger partial charge is 0.346 e. The number of rotatable bonds is 3. The van der Waals surface area contributed by atoms with E-state index in [0.29, 0.717) is 15.6 Å². The molecule has 0 aliphatic heterocycles. The van der Waals surface area contributed by atoms with E-state index in [9.17, 15) is 4.79 Å². The third-order valence-electron chi connectivity index (χ3n) is 2.60. The SMILES string of the molecule is CC(Cl)C(C)(C)NC(=O)c1cc(Cl)ccc1Cl. The molecule has 1 aromatic carbocycles. The van der Waals surface area contributed by atoms with E-state index in [1.165, 1.54) is 6.07 Å². The van der Waals surface area contributed by atoms with Crippen molar-refractivity contribution in [1.29, 1.82) is 0 Å². The summed E-state index contributed by atoms with van der Waals surface area (Å²) in [5.41, 5.74) is -0.172. The Morgan fingerprint density at radius 3 is 2.47 bits per heavy atom. The Kier molecular flexibility index (Phi) is 4.70. The third-order valence-corrected chi connectivity index (χ3v) is 3.71. The maximum Gasteiger partial charge on any atom is 0.253 e. The van der Waals surface area contributed by atoms with E-state index in [1.54, 1.807) is 12.1 Å². The van der Waals surface area contributed by atoms with E-state index in [1.807, 2.05) is 20.8 Å². The Labute approximate surface area is 116 Å². The maximum absolute atomic E-state index is 12.0. The maximum atomic E-state index is 12.0. The quantitative estimate of drug-likeness (QED) is 0.835. The Hall–Kier alpha value is -0.440. The molecule has 0 saturated heterocycles. The van der Waals surface area contributed by atoms with Crippen LogP contribution >= 0.6 is 34.8 Å². The normalized spacial score (nSPS) is 13.3. The number of carbonyl (C=O) groups excluding carboxylic acids is 1. The van der Waals surface area contributed by atoms with Crippen LogP contribution in [-0.2, 0) is 0 Å². The number of hydrogen-bond donors (Lipinski definition) is 1. The topological polar surface area (TPSA) is 29.1 Å². The minimum absolute atomic E-state index is 0.204. The molecule has 0 spiro atoms. The average molecular weight is 295 g/mol. The fourth-order valence-electron chi connectivity index (χ4n) is 1.13. The monoisotopic (exact) mass is 293 g/mol. The van der Waals surface area contributed by atoms with E-state index < -0.39 is 5.54 Å². The van der Waals surface area contributed by atoms with Gasteiger partial charge in [-0.15, -0.1) is 11.6 Å². The molecule has 1 amide bonds. The Morgan fingerprint density at radius 1 is 1.35 bits per heavy atom. The van der Waals surface area contributed by atoms with Crippen molar-refractivity contribution in [1.82, 2.24) is 5.32 Å². The van der Waals surface area contributed by atoms with Crippen LogP contribution in [0.2, 0.25) is 10.0 Å². The van der Waals surface area contributed by atoms with Gasteiger partial charge in [0, 0.05) is 5.02 Å². The Bertz CT molecular complexity index is 430. The molecule has 0 radical (unpaired) electrons. The van der Waals surface area contributed by atoms with Gasteiger partial charge in [-0.1, -0.05) is 23.2 Å². The zero-order valence-corrected chi connectivity index (χ0v) is 12.1. The van der Waals surface area contributed by atoms with Crippen molar-refractivity contribution in [2.45, 2.75) is 31.7 Å². The van der Waals surface area contributed by atoms with Gasteiger partial charge in [0.05, 0.1) is 21.5 Å². The predicted molar refractivity (Wildman–Crippen MR) is 73.3 cm³/mol. The summed E-state index contributed by atoms with van der Waals surface area (Å²) < 4.78 is 0. The molecule has 2 nitrogen and oxygen atoms in total. The van der Waals surface area contributed by atoms with Crippen LogP contribution in [-0.4, -0.2) is 16.8 Å². The van der Waals surface area contributed by atoms with E-state index >= 15 is 0 Å². The lowest BCUT2D eigenvalue weighted by Gasteiger charge is -2.29. The fraction of sp³-hybridized carbons (Fsp3) is 0.417. The highest BCUT2D eigenvalue weighted by Crippen LogP contribution is 2.22. The molecular formula is C12H14Cl3NO. The standard InChI is InChI=1S/C12H14Cl3NO/c1-7(13)12(2,3)16-11(17)9-6-8(14)4-5-10(9)15/h4-7H,1-3H3,(H,16,17). The molecule has 1 unspecified atom stereocenters. The smallest absolute Gasteiger partial charge is 0.253 e. The highest BCUT2D eigenvalue weighted by atomic mass is 35.5. The minimum atomic E-state index is -0.524. The van der Waals surface area contributed by atoms with Crippen molar-refractivity contribution in [3.63, 3.8) is 0 Å². The molecule has 0 saturated carbocycles. The molecule has 1 rings (SSSR count). The summed E-state index contributed by atoms with van der Waals surface area (Å²) in [6, 6.07) is 4.76. The van der Waals surface area contributed by atoms with Gasteiger partial charge >= 0.3 is 0 Å². The van der Waals surface area contributed by atoms with Gasteiger partial charge in [0.25, 0.3) is 5.91 Å². The summed E-state index contributed by atoms with van der Waals surface area (Å²) in [6.45, 7) is 5.52. The van der Waals surface area contributed by atoms with E-state index in [-0.39, 0.29) is 11.3 Å². The number of hydrogen-bond acceptors (Lipinski definition) is 1. The Balaban J connectivity index is 2.94. The van der Waals surface area contributed by atoms with E-state index in [2.05, 4.69) is 5.32 Å². The van der Waals surface area contributed by atoms with E-state index in [0.717, 1.165) is 0 Å². The predicted octanol–water partition coefficient (Wildman–Crippen LogP) is 4.13. The molecule has 0 bridgehead atoms. The Morgan fingerprint density at radius 2 is 1.94 bits per heavy atom. The first-order valence-electron chi connectivity index (χ1n) is 5.15. The lowest BCUT2D eigenvalue weighted by molar-refractivity contribution is 0.0912. The van der Waals surface area contributed by atoms with Crippen LogP contribution < -0.4 is 5.32 Å². The van der Waals surface area contributed by atoms with Gasteiger partial charge in [0.15, 0.2) is 0 Å². The van der Waals surface area contributed by atoms with Crippen LogP contribution in [0.25, 0.3) is 0 Å². The van der Waals surface area contributed by atoms with Gasteiger partial charge < -0.3 is 5.32 Å². The fourth-order valence-corrected chi connectivity index (χ4v) is 1.56. The van der Waals surface area contributed by atoms with Crippen molar-refractivity contribution in [3.05, 3.63) is 33.8 Å². The third kappa shape index (κ3) is 3.77. The molecule has 1 atom stereocenters. The van der Waals surface area contributed by atoms with E-state index in [4.69, 9.17) is 34.8 Å². The zero-order valence-electron chi connectivity index (χ0n) is 9.85. The zero-order chi connectivity index (χ0) is 13.2. The average Bonchev–Trinajstić information content (AvgIpc) is 2.20. The van der Waals surface area contributed by atoms with Crippen LogP contribution in [0.3, 0.4) is 0 Å². The number of benzene rings is 1. The second kappa shape index (κ2) is 5.47. The first-order chi connectivity index (χ1) is 7.74. The summed E-state index contributed by atoms with van der Waals surface area (Å²) in [4.78, 5) is 12.0. The van der Waals surface area contributed by atoms with Crippen LogP contribution in [0.15, 0.2) is 18.2 Å². The number of amides is 1. The summed E-state index contributed by atoms with van der Waals surface area (Å²) in [7, 11) is 0. The van der Waals surface area contributed by atoms with Crippen molar-refractivity contribution >= 4 is 40.7 Å². The van der Waals surface area contributed by atoms with Crippen LogP contribution in [0, 0.1) is 0 Å². The van der Waals surface area contributed by atoms with Gasteiger partial charge in [-0.05, 0) is 39.0 Å². The number of halogens is 3. The lowest BCUT2D eigenvalue weighted by Crippen LogP contribution is -2.49. The highest BCUT2D eigenvalue weighted by Gasteiger charge is 2.27. The summed E-state index contributed by atoms with van der Waals surface area (Å²) >= 11 is 17.8. The molecule has 5 heteroatoms. The van der Waals surface area contributed by atoms with Gasteiger partial charge in [-0.2, -0.15) is 0 Å². The van der Waals surface area contributed by atoms with Crippen LogP contribution in [0.4, 0.5) is 0 Å². The molecule has 0 aliphatic rings. The minimum Gasteiger partial charge on any atom is -0.346 e. The van der Waals surface area contributed by atoms with Crippen molar-refractivity contribution in [3.8, 4) is 0 Å². The molecule has 1 aromatic rings. The van der Waals surface area contributed by atoms with Gasteiger partial charge in [0.1, 0.15) is 0 Å². The molecule has 0 heterocycles. The summed E-state index contributed by atoms with van der Waals surface area (Å²) in [5.74, 6) is -0.282. The first-order valence-corrected chi connectivity index (χ1v) is 6.35. The van der Waals surface area contributed by atoms with Crippen LogP contribution in [0.5, 0.6) is 0 Å². The molecular weight excluding hydrogens is 280 g/mol. The van der Waals surface area contributed by atoms with Gasteiger partial charge in [-0.25, -0.2) is 0 Å². The number of nitrogens with one attached hydrogen (secondary N) is 1. The second-order valence-electron chi connectivity index (χ2n) is 4.42. The molecule has 0 fully saturated rings. The molecule has 17 heavy (non-hydrogen) atoms. The molecule has 0 aromatic heterocycles. The first kappa shape index (κ1) is 14.6. The van der Waals surface area contributed by atoms with Crippen molar-refractivity contribution < 1.29 is 4.79 Å². The van der Waals surface area contributed by atoms with Gasteiger partial charge in [-0.3, -0.25) is 4.79 Å².